The Bertz CT molecular complexity index is 1060. The van der Waals surface area contributed by atoms with Gasteiger partial charge in [0.25, 0.3) is 5.56 Å². The number of hydrogen-bond acceptors (Lipinski definition) is 4. The van der Waals surface area contributed by atoms with E-state index in [0.717, 1.165) is 40.3 Å². The minimum atomic E-state index is -0.132. The zero-order valence-electron chi connectivity index (χ0n) is 16.5. The van der Waals surface area contributed by atoms with Crippen LogP contribution in [-0.2, 0) is 11.3 Å². The Morgan fingerprint density at radius 1 is 1.18 bits per heavy atom. The molecule has 3 heterocycles. The molecule has 1 aliphatic heterocycles. The Morgan fingerprint density at radius 2 is 1.86 bits per heavy atom. The van der Waals surface area contributed by atoms with E-state index in [0.29, 0.717) is 17.2 Å². The van der Waals surface area contributed by atoms with Crippen molar-refractivity contribution in [1.82, 2.24) is 14.5 Å². The van der Waals surface area contributed by atoms with E-state index in [1.165, 1.54) is 22.2 Å². The van der Waals surface area contributed by atoms with Gasteiger partial charge in [-0.1, -0.05) is 44.2 Å². The third kappa shape index (κ3) is 3.49. The molecule has 0 N–H and O–H groups in total. The molecule has 1 aromatic carbocycles. The molecule has 1 fully saturated rings. The molecule has 1 aliphatic rings. The first-order valence-corrected chi connectivity index (χ1v) is 10.6. The molecule has 4 rings (SSSR count). The molecule has 0 saturated carbocycles. The standard InChI is InChI=1S/C22H25N3O2S/c1-14-9-15(2)11-24(10-14)18(26)12-25-13-23-21-19(22(25)27)16(3)20(28-21)17-7-5-4-6-8-17/h4-8,13-15H,9-12H2,1-3H3. The average molecular weight is 396 g/mol. The number of thiophene rings is 1. The van der Waals surface area contributed by atoms with Gasteiger partial charge in [-0.15, -0.1) is 11.3 Å². The van der Waals surface area contributed by atoms with E-state index in [9.17, 15) is 9.59 Å². The SMILES string of the molecule is Cc1c(-c2ccccc2)sc2ncn(CC(=O)N3CC(C)CC(C)C3)c(=O)c12. The van der Waals surface area contributed by atoms with Crippen molar-refractivity contribution in [2.45, 2.75) is 33.7 Å². The van der Waals surface area contributed by atoms with Gasteiger partial charge in [0.15, 0.2) is 0 Å². The fraction of sp³-hybridized carbons (Fsp3) is 0.409. The van der Waals surface area contributed by atoms with Gasteiger partial charge < -0.3 is 4.90 Å². The van der Waals surface area contributed by atoms with Gasteiger partial charge in [0.1, 0.15) is 11.4 Å². The zero-order chi connectivity index (χ0) is 19.8. The molecule has 1 amide bonds. The number of benzene rings is 1. The predicted octanol–water partition coefficient (Wildman–Crippen LogP) is 3.94. The van der Waals surface area contributed by atoms with Crippen LogP contribution in [0, 0.1) is 18.8 Å². The second-order valence-electron chi connectivity index (χ2n) is 8.02. The maximum Gasteiger partial charge on any atom is 0.262 e. The molecule has 28 heavy (non-hydrogen) atoms. The number of fused-ring (bicyclic) bond motifs is 1. The molecular formula is C22H25N3O2S. The van der Waals surface area contributed by atoms with E-state index in [4.69, 9.17) is 0 Å². The first kappa shape index (κ1) is 18.9. The lowest BCUT2D eigenvalue weighted by atomic mass is 9.92. The maximum absolute atomic E-state index is 13.1. The molecular weight excluding hydrogens is 370 g/mol. The van der Waals surface area contributed by atoms with E-state index in [2.05, 4.69) is 18.8 Å². The number of aryl methyl sites for hydroxylation is 1. The first-order valence-electron chi connectivity index (χ1n) is 9.75. The Kier molecular flexibility index (Phi) is 5.06. The summed E-state index contributed by atoms with van der Waals surface area (Å²) in [5.74, 6) is 0.993. The van der Waals surface area contributed by atoms with Crippen molar-refractivity contribution < 1.29 is 4.79 Å². The van der Waals surface area contributed by atoms with Crippen LogP contribution in [0.5, 0.6) is 0 Å². The molecule has 5 nitrogen and oxygen atoms in total. The van der Waals surface area contributed by atoms with Crippen molar-refractivity contribution in [1.29, 1.82) is 0 Å². The molecule has 2 aromatic heterocycles. The van der Waals surface area contributed by atoms with E-state index < -0.39 is 0 Å². The third-order valence-electron chi connectivity index (χ3n) is 5.48. The third-order valence-corrected chi connectivity index (χ3v) is 6.73. The van der Waals surface area contributed by atoms with Gasteiger partial charge in [0, 0.05) is 18.0 Å². The minimum absolute atomic E-state index is 0.00202. The molecule has 2 atom stereocenters. The molecule has 146 valence electrons. The summed E-state index contributed by atoms with van der Waals surface area (Å²) in [6, 6.07) is 10.0. The van der Waals surface area contributed by atoms with Crippen LogP contribution in [0.25, 0.3) is 20.7 Å². The smallest absolute Gasteiger partial charge is 0.262 e. The van der Waals surface area contributed by atoms with Gasteiger partial charge in [0.05, 0.1) is 11.7 Å². The highest BCUT2D eigenvalue weighted by molar-refractivity contribution is 7.22. The van der Waals surface area contributed by atoms with Crippen LogP contribution >= 0.6 is 11.3 Å². The van der Waals surface area contributed by atoms with E-state index >= 15 is 0 Å². The quantitative estimate of drug-likeness (QED) is 0.675. The van der Waals surface area contributed by atoms with Gasteiger partial charge in [0.2, 0.25) is 5.91 Å². The lowest BCUT2D eigenvalue weighted by Crippen LogP contribution is -2.44. The van der Waals surface area contributed by atoms with Crippen LogP contribution in [0.4, 0.5) is 0 Å². The number of piperidine rings is 1. The van der Waals surface area contributed by atoms with Crippen LogP contribution in [0.2, 0.25) is 0 Å². The number of likely N-dealkylation sites (tertiary alicyclic amines) is 1. The summed E-state index contributed by atoms with van der Waals surface area (Å²) in [5.41, 5.74) is 1.89. The fourth-order valence-electron chi connectivity index (χ4n) is 4.25. The van der Waals surface area contributed by atoms with Crippen molar-refractivity contribution in [2.75, 3.05) is 13.1 Å². The largest absolute Gasteiger partial charge is 0.341 e. The van der Waals surface area contributed by atoms with Crippen molar-refractivity contribution in [3.63, 3.8) is 0 Å². The predicted molar refractivity (Wildman–Crippen MR) is 114 cm³/mol. The van der Waals surface area contributed by atoms with Gasteiger partial charge in [-0.25, -0.2) is 4.98 Å². The number of nitrogens with zero attached hydrogens (tertiary/aromatic N) is 3. The summed E-state index contributed by atoms with van der Waals surface area (Å²) in [6.07, 6.45) is 2.66. The van der Waals surface area contributed by atoms with Crippen molar-refractivity contribution in [3.05, 3.63) is 52.6 Å². The zero-order valence-corrected chi connectivity index (χ0v) is 17.3. The van der Waals surface area contributed by atoms with Gasteiger partial charge in [-0.2, -0.15) is 0 Å². The molecule has 2 unspecified atom stereocenters. The topological polar surface area (TPSA) is 55.2 Å². The number of carbonyl (C=O) groups excluding carboxylic acids is 1. The van der Waals surface area contributed by atoms with E-state index in [-0.39, 0.29) is 18.0 Å². The lowest BCUT2D eigenvalue weighted by molar-refractivity contribution is -0.134. The van der Waals surface area contributed by atoms with Crippen LogP contribution in [0.1, 0.15) is 25.8 Å². The number of rotatable bonds is 3. The summed E-state index contributed by atoms with van der Waals surface area (Å²) >= 11 is 1.53. The number of hydrogen-bond donors (Lipinski definition) is 0. The molecule has 0 radical (unpaired) electrons. The highest BCUT2D eigenvalue weighted by Gasteiger charge is 2.26. The Hall–Kier alpha value is -2.47. The number of amides is 1. The summed E-state index contributed by atoms with van der Waals surface area (Å²) < 4.78 is 1.46. The monoisotopic (exact) mass is 395 g/mol. The highest BCUT2D eigenvalue weighted by atomic mass is 32.1. The molecule has 0 spiro atoms. The van der Waals surface area contributed by atoms with Gasteiger partial charge >= 0.3 is 0 Å². The first-order chi connectivity index (χ1) is 13.4. The second kappa shape index (κ2) is 7.51. The molecule has 0 bridgehead atoms. The fourth-order valence-corrected chi connectivity index (χ4v) is 5.39. The van der Waals surface area contributed by atoms with Crippen LogP contribution in [0.3, 0.4) is 0 Å². The molecule has 3 aromatic rings. The maximum atomic E-state index is 13.1. The van der Waals surface area contributed by atoms with E-state index in [1.54, 1.807) is 0 Å². The molecule has 6 heteroatoms. The summed E-state index contributed by atoms with van der Waals surface area (Å²) in [6.45, 7) is 7.90. The van der Waals surface area contributed by atoms with Crippen LogP contribution in [-0.4, -0.2) is 33.4 Å². The number of carbonyl (C=O) groups is 1. The second-order valence-corrected chi connectivity index (χ2v) is 9.02. The van der Waals surface area contributed by atoms with Gasteiger partial charge in [-0.3, -0.25) is 14.2 Å². The Balaban J connectivity index is 1.66. The summed E-state index contributed by atoms with van der Waals surface area (Å²) in [5, 5.41) is 0.625. The van der Waals surface area contributed by atoms with Crippen molar-refractivity contribution in [2.24, 2.45) is 11.8 Å². The highest BCUT2D eigenvalue weighted by Crippen LogP contribution is 2.35. The van der Waals surface area contributed by atoms with E-state index in [1.807, 2.05) is 42.2 Å². The lowest BCUT2D eigenvalue weighted by Gasteiger charge is -2.35. The van der Waals surface area contributed by atoms with Crippen molar-refractivity contribution >= 4 is 27.5 Å². The van der Waals surface area contributed by atoms with Crippen LogP contribution in [0.15, 0.2) is 41.5 Å². The minimum Gasteiger partial charge on any atom is -0.341 e. The Labute approximate surface area is 168 Å². The Morgan fingerprint density at radius 3 is 2.54 bits per heavy atom. The van der Waals surface area contributed by atoms with Gasteiger partial charge in [-0.05, 0) is 36.3 Å². The average Bonchev–Trinajstić information content (AvgIpc) is 3.01. The summed E-state index contributed by atoms with van der Waals surface area (Å²) in [4.78, 5) is 34.1. The molecule has 1 saturated heterocycles. The normalized spacial score (nSPS) is 19.9. The summed E-state index contributed by atoms with van der Waals surface area (Å²) in [7, 11) is 0. The number of aromatic nitrogens is 2. The van der Waals surface area contributed by atoms with Crippen molar-refractivity contribution in [3.8, 4) is 10.4 Å². The molecule has 0 aliphatic carbocycles. The van der Waals surface area contributed by atoms with Crippen LogP contribution < -0.4 is 5.56 Å².